The number of para-hydroxylation sites is 1. The summed E-state index contributed by atoms with van der Waals surface area (Å²) in [6.07, 6.45) is 0. The summed E-state index contributed by atoms with van der Waals surface area (Å²) in [5.41, 5.74) is 2.06. The molecule has 0 bridgehead atoms. The Morgan fingerprint density at radius 3 is 2.29 bits per heavy atom. The SMILES string of the molecule is Cc1cc(=O)c(C(=O)NC[C@H](c2ccccc2)N(C)C)nn1-c1ccccc1. The first-order valence-corrected chi connectivity index (χ1v) is 9.13. The molecule has 1 aromatic heterocycles. The lowest BCUT2D eigenvalue weighted by atomic mass is 10.1. The van der Waals surface area contributed by atoms with Gasteiger partial charge in [0.25, 0.3) is 5.91 Å². The number of nitrogens with one attached hydrogen (secondary N) is 1. The summed E-state index contributed by atoms with van der Waals surface area (Å²) >= 11 is 0. The number of carbonyl (C=O) groups is 1. The minimum Gasteiger partial charge on any atom is -0.349 e. The lowest BCUT2D eigenvalue weighted by Gasteiger charge is -2.25. The van der Waals surface area contributed by atoms with Crippen molar-refractivity contribution in [2.75, 3.05) is 20.6 Å². The normalized spacial score (nSPS) is 12.0. The minimum absolute atomic E-state index is 0.00746. The predicted octanol–water partition coefficient (Wildman–Crippen LogP) is 2.57. The van der Waals surface area contributed by atoms with E-state index in [1.807, 2.05) is 79.7 Å². The number of aryl methyl sites for hydroxylation is 1. The van der Waals surface area contributed by atoms with E-state index in [2.05, 4.69) is 10.4 Å². The number of nitrogens with zero attached hydrogens (tertiary/aromatic N) is 3. The zero-order valence-corrected chi connectivity index (χ0v) is 16.3. The molecule has 144 valence electrons. The monoisotopic (exact) mass is 376 g/mol. The number of amides is 1. The Bertz CT molecular complexity index is 998. The van der Waals surface area contributed by atoms with Crippen LogP contribution < -0.4 is 10.7 Å². The molecule has 2 aromatic carbocycles. The molecular weight excluding hydrogens is 352 g/mol. The van der Waals surface area contributed by atoms with Gasteiger partial charge >= 0.3 is 0 Å². The molecule has 0 aliphatic carbocycles. The van der Waals surface area contributed by atoms with Crippen LogP contribution in [0.15, 0.2) is 71.5 Å². The Morgan fingerprint density at radius 2 is 1.68 bits per heavy atom. The van der Waals surface area contributed by atoms with Crippen LogP contribution in [0.3, 0.4) is 0 Å². The number of carbonyl (C=O) groups excluding carboxylic acids is 1. The molecule has 0 aliphatic heterocycles. The Morgan fingerprint density at radius 1 is 1.07 bits per heavy atom. The van der Waals surface area contributed by atoms with Gasteiger partial charge in [0.1, 0.15) is 0 Å². The van der Waals surface area contributed by atoms with Gasteiger partial charge in [-0.1, -0.05) is 48.5 Å². The molecule has 0 radical (unpaired) electrons. The van der Waals surface area contributed by atoms with Crippen LogP contribution in [0.1, 0.15) is 27.8 Å². The summed E-state index contributed by atoms with van der Waals surface area (Å²) in [5, 5.41) is 7.18. The van der Waals surface area contributed by atoms with Crippen LogP contribution >= 0.6 is 0 Å². The average Bonchev–Trinajstić information content (AvgIpc) is 2.69. The summed E-state index contributed by atoms with van der Waals surface area (Å²) in [4.78, 5) is 27.1. The van der Waals surface area contributed by atoms with Gasteiger partial charge in [0.2, 0.25) is 5.43 Å². The maximum Gasteiger partial charge on any atom is 0.275 e. The second-order valence-electron chi connectivity index (χ2n) is 6.85. The van der Waals surface area contributed by atoms with Crippen LogP contribution in [0.4, 0.5) is 0 Å². The van der Waals surface area contributed by atoms with Crippen LogP contribution in [-0.4, -0.2) is 41.2 Å². The van der Waals surface area contributed by atoms with Crippen LogP contribution in [-0.2, 0) is 0 Å². The molecule has 1 heterocycles. The first-order valence-electron chi connectivity index (χ1n) is 9.13. The minimum atomic E-state index is -0.475. The van der Waals surface area contributed by atoms with Gasteiger partial charge in [-0.3, -0.25) is 9.59 Å². The van der Waals surface area contributed by atoms with Gasteiger partial charge in [-0.2, -0.15) is 5.10 Å². The second-order valence-corrected chi connectivity index (χ2v) is 6.85. The van der Waals surface area contributed by atoms with Gasteiger partial charge in [-0.25, -0.2) is 4.68 Å². The van der Waals surface area contributed by atoms with Gasteiger partial charge in [0.05, 0.1) is 11.7 Å². The number of likely N-dealkylation sites (N-methyl/N-ethyl adjacent to an activating group) is 1. The van der Waals surface area contributed by atoms with Crippen molar-refractivity contribution in [3.05, 3.63) is 93.9 Å². The first-order chi connectivity index (χ1) is 13.5. The van der Waals surface area contributed by atoms with E-state index >= 15 is 0 Å². The number of benzene rings is 2. The Balaban J connectivity index is 1.83. The third-order valence-electron chi connectivity index (χ3n) is 4.59. The highest BCUT2D eigenvalue weighted by atomic mass is 16.2. The molecule has 0 fully saturated rings. The van der Waals surface area contributed by atoms with E-state index in [1.165, 1.54) is 6.07 Å². The van der Waals surface area contributed by atoms with E-state index in [9.17, 15) is 9.59 Å². The van der Waals surface area contributed by atoms with E-state index in [4.69, 9.17) is 0 Å². The van der Waals surface area contributed by atoms with E-state index < -0.39 is 5.91 Å². The molecule has 1 atom stereocenters. The molecule has 0 spiro atoms. The van der Waals surface area contributed by atoms with Crippen molar-refractivity contribution in [2.24, 2.45) is 0 Å². The van der Waals surface area contributed by atoms with Gasteiger partial charge < -0.3 is 10.2 Å². The third kappa shape index (κ3) is 4.35. The average molecular weight is 376 g/mol. The summed E-state index contributed by atoms with van der Waals surface area (Å²) < 4.78 is 1.61. The van der Waals surface area contributed by atoms with E-state index in [0.717, 1.165) is 11.3 Å². The maximum atomic E-state index is 12.7. The van der Waals surface area contributed by atoms with E-state index in [0.29, 0.717) is 12.2 Å². The van der Waals surface area contributed by atoms with Crippen LogP contribution in [0.2, 0.25) is 0 Å². The zero-order chi connectivity index (χ0) is 20.1. The van der Waals surface area contributed by atoms with Crippen molar-refractivity contribution in [2.45, 2.75) is 13.0 Å². The van der Waals surface area contributed by atoms with Crippen LogP contribution in [0.25, 0.3) is 5.69 Å². The van der Waals surface area contributed by atoms with Crippen LogP contribution in [0, 0.1) is 6.92 Å². The molecular formula is C22H24N4O2. The highest BCUT2D eigenvalue weighted by Gasteiger charge is 2.19. The van der Waals surface area contributed by atoms with Gasteiger partial charge in [0, 0.05) is 18.3 Å². The van der Waals surface area contributed by atoms with Crippen molar-refractivity contribution in [3.63, 3.8) is 0 Å². The molecule has 0 unspecified atom stereocenters. The summed E-state index contributed by atoms with van der Waals surface area (Å²) in [6, 6.07) is 20.8. The molecule has 1 N–H and O–H groups in total. The topological polar surface area (TPSA) is 67.2 Å². The van der Waals surface area contributed by atoms with Gasteiger partial charge in [0.15, 0.2) is 5.69 Å². The number of hydrogen-bond donors (Lipinski definition) is 1. The number of hydrogen-bond acceptors (Lipinski definition) is 4. The molecule has 3 aromatic rings. The highest BCUT2D eigenvalue weighted by Crippen LogP contribution is 2.16. The smallest absolute Gasteiger partial charge is 0.275 e. The molecule has 6 heteroatoms. The van der Waals surface area contributed by atoms with Crippen molar-refractivity contribution in [1.29, 1.82) is 0 Å². The maximum absolute atomic E-state index is 12.7. The van der Waals surface area contributed by atoms with Crippen molar-refractivity contribution in [1.82, 2.24) is 20.0 Å². The highest BCUT2D eigenvalue weighted by molar-refractivity contribution is 5.92. The second kappa shape index (κ2) is 8.63. The number of aromatic nitrogens is 2. The fourth-order valence-corrected chi connectivity index (χ4v) is 3.08. The zero-order valence-electron chi connectivity index (χ0n) is 16.3. The van der Waals surface area contributed by atoms with Gasteiger partial charge in [-0.05, 0) is 38.7 Å². The van der Waals surface area contributed by atoms with E-state index in [-0.39, 0.29) is 17.2 Å². The Labute approximate surface area is 164 Å². The molecule has 3 rings (SSSR count). The van der Waals surface area contributed by atoms with Crippen molar-refractivity contribution in [3.8, 4) is 5.69 Å². The molecule has 0 saturated heterocycles. The standard InChI is InChI=1S/C22H24N4O2/c1-16-14-20(27)21(24-26(16)18-12-8-5-9-13-18)22(28)23-15-19(25(2)3)17-10-6-4-7-11-17/h4-14,19H,15H2,1-3H3,(H,23,28)/t19-/m1/s1. The fourth-order valence-electron chi connectivity index (χ4n) is 3.08. The Hall–Kier alpha value is -3.25. The quantitative estimate of drug-likeness (QED) is 0.718. The fraction of sp³-hybridized carbons (Fsp3) is 0.227. The Kier molecular flexibility index (Phi) is 6.01. The molecule has 0 saturated carbocycles. The lowest BCUT2D eigenvalue weighted by Crippen LogP contribution is -2.37. The van der Waals surface area contributed by atoms with Gasteiger partial charge in [-0.15, -0.1) is 0 Å². The summed E-state index contributed by atoms with van der Waals surface area (Å²) in [6.45, 7) is 2.16. The van der Waals surface area contributed by atoms with E-state index in [1.54, 1.807) is 11.6 Å². The molecule has 1 amide bonds. The van der Waals surface area contributed by atoms with Crippen molar-refractivity contribution < 1.29 is 4.79 Å². The molecule has 6 nitrogen and oxygen atoms in total. The molecule has 28 heavy (non-hydrogen) atoms. The molecule has 0 aliphatic rings. The van der Waals surface area contributed by atoms with Crippen molar-refractivity contribution >= 4 is 5.91 Å². The predicted molar refractivity (Wildman–Crippen MR) is 110 cm³/mol. The summed E-state index contributed by atoms with van der Waals surface area (Å²) in [7, 11) is 3.91. The first kappa shape index (κ1) is 19.5. The summed E-state index contributed by atoms with van der Waals surface area (Å²) in [5.74, 6) is -0.475. The third-order valence-corrected chi connectivity index (χ3v) is 4.59. The largest absolute Gasteiger partial charge is 0.349 e. The number of rotatable bonds is 6. The van der Waals surface area contributed by atoms with Crippen LogP contribution in [0.5, 0.6) is 0 Å². The lowest BCUT2D eigenvalue weighted by molar-refractivity contribution is 0.0934.